The Balaban J connectivity index is 1.43. The first-order chi connectivity index (χ1) is 16.0. The molecule has 170 valence electrons. The predicted molar refractivity (Wildman–Crippen MR) is 126 cm³/mol. The van der Waals surface area contributed by atoms with Crippen LogP contribution >= 0.6 is 0 Å². The molecule has 2 N–H and O–H groups in total. The molecular weight excluding hydrogens is 416 g/mol. The lowest BCUT2D eigenvalue weighted by atomic mass is 10.0. The van der Waals surface area contributed by atoms with E-state index in [2.05, 4.69) is 23.7 Å². The van der Waals surface area contributed by atoms with Crippen molar-refractivity contribution in [2.24, 2.45) is 0 Å². The SMILES string of the molecule is CC1CN(C(=O)c2cccc(-c3ccncc3)c2)CC(C)N1Cc1ccc(C(=O)NO)cc1. The molecular formula is C26H28N4O3. The molecule has 1 aromatic heterocycles. The van der Waals surface area contributed by atoms with E-state index in [9.17, 15) is 9.59 Å². The zero-order valence-electron chi connectivity index (χ0n) is 18.8. The molecule has 2 heterocycles. The average Bonchev–Trinajstić information content (AvgIpc) is 2.86. The molecule has 2 unspecified atom stereocenters. The van der Waals surface area contributed by atoms with E-state index < -0.39 is 5.91 Å². The Bertz CT molecular complexity index is 1110. The number of carbonyl (C=O) groups excluding carboxylic acids is 2. The molecule has 33 heavy (non-hydrogen) atoms. The van der Waals surface area contributed by atoms with Crippen LogP contribution in [-0.2, 0) is 6.54 Å². The fourth-order valence-electron chi connectivity index (χ4n) is 4.43. The maximum atomic E-state index is 13.3. The molecule has 7 heteroatoms. The van der Waals surface area contributed by atoms with Gasteiger partial charge in [-0.05, 0) is 66.9 Å². The van der Waals surface area contributed by atoms with Gasteiger partial charge in [0.15, 0.2) is 0 Å². The summed E-state index contributed by atoms with van der Waals surface area (Å²) < 4.78 is 0. The third-order valence-electron chi connectivity index (χ3n) is 6.19. The van der Waals surface area contributed by atoms with E-state index >= 15 is 0 Å². The number of piperazine rings is 1. The largest absolute Gasteiger partial charge is 0.336 e. The number of aromatic nitrogens is 1. The molecule has 1 aliphatic heterocycles. The van der Waals surface area contributed by atoms with Gasteiger partial charge < -0.3 is 4.90 Å². The molecule has 2 aromatic carbocycles. The zero-order chi connectivity index (χ0) is 23.4. The average molecular weight is 445 g/mol. The van der Waals surface area contributed by atoms with Gasteiger partial charge in [-0.3, -0.25) is 24.7 Å². The van der Waals surface area contributed by atoms with Crippen molar-refractivity contribution < 1.29 is 14.8 Å². The number of nitrogens with zero attached hydrogens (tertiary/aromatic N) is 3. The summed E-state index contributed by atoms with van der Waals surface area (Å²) in [5, 5.41) is 8.77. The van der Waals surface area contributed by atoms with Crippen molar-refractivity contribution in [3.05, 3.63) is 89.7 Å². The third-order valence-corrected chi connectivity index (χ3v) is 6.19. The lowest BCUT2D eigenvalue weighted by molar-refractivity contribution is 0.0270. The van der Waals surface area contributed by atoms with Crippen molar-refractivity contribution >= 4 is 11.8 Å². The summed E-state index contributed by atoms with van der Waals surface area (Å²) in [6.07, 6.45) is 3.50. The van der Waals surface area contributed by atoms with Crippen LogP contribution < -0.4 is 5.48 Å². The highest BCUT2D eigenvalue weighted by atomic mass is 16.5. The fraction of sp³-hybridized carbons (Fsp3) is 0.269. The third kappa shape index (κ3) is 5.10. The van der Waals surface area contributed by atoms with Crippen molar-refractivity contribution in [3.63, 3.8) is 0 Å². The first kappa shape index (κ1) is 22.6. The first-order valence-corrected chi connectivity index (χ1v) is 11.0. The van der Waals surface area contributed by atoms with Gasteiger partial charge in [0.2, 0.25) is 0 Å². The summed E-state index contributed by atoms with van der Waals surface area (Å²) >= 11 is 0. The minimum absolute atomic E-state index is 0.0450. The lowest BCUT2D eigenvalue weighted by Gasteiger charge is -2.44. The van der Waals surface area contributed by atoms with Crippen LogP contribution in [0, 0.1) is 0 Å². The Kier molecular flexibility index (Phi) is 6.82. The van der Waals surface area contributed by atoms with Crippen LogP contribution in [0.1, 0.15) is 40.1 Å². The second-order valence-electron chi connectivity index (χ2n) is 8.54. The molecule has 0 saturated carbocycles. The van der Waals surface area contributed by atoms with Gasteiger partial charge in [-0.15, -0.1) is 0 Å². The number of pyridine rings is 1. The second-order valence-corrected chi connectivity index (χ2v) is 8.54. The van der Waals surface area contributed by atoms with Gasteiger partial charge in [0.1, 0.15) is 0 Å². The molecule has 3 aromatic rings. The van der Waals surface area contributed by atoms with Crippen molar-refractivity contribution in [1.82, 2.24) is 20.3 Å². The number of hydroxylamine groups is 1. The first-order valence-electron chi connectivity index (χ1n) is 11.0. The van der Waals surface area contributed by atoms with Crippen LogP contribution in [0.3, 0.4) is 0 Å². The van der Waals surface area contributed by atoms with Crippen LogP contribution in [0.15, 0.2) is 73.1 Å². The molecule has 0 bridgehead atoms. The number of nitrogens with one attached hydrogen (secondary N) is 1. The number of benzene rings is 2. The maximum Gasteiger partial charge on any atom is 0.274 e. The van der Waals surface area contributed by atoms with E-state index in [1.54, 1.807) is 30.0 Å². The normalized spacial score (nSPS) is 18.7. The van der Waals surface area contributed by atoms with E-state index in [1.807, 2.05) is 53.4 Å². The second kappa shape index (κ2) is 9.94. The molecule has 4 rings (SSSR count). The minimum atomic E-state index is -0.525. The summed E-state index contributed by atoms with van der Waals surface area (Å²) in [6.45, 7) is 6.29. The number of rotatable bonds is 5. The Hall–Kier alpha value is -3.55. The van der Waals surface area contributed by atoms with Gasteiger partial charge >= 0.3 is 0 Å². The van der Waals surface area contributed by atoms with Gasteiger partial charge in [-0.1, -0.05) is 24.3 Å². The molecule has 1 fully saturated rings. The fourth-order valence-corrected chi connectivity index (χ4v) is 4.43. The summed E-state index contributed by atoms with van der Waals surface area (Å²) in [6, 6.07) is 19.2. The van der Waals surface area contributed by atoms with E-state index in [4.69, 9.17) is 5.21 Å². The van der Waals surface area contributed by atoms with Gasteiger partial charge in [-0.25, -0.2) is 5.48 Å². The van der Waals surface area contributed by atoms with Gasteiger partial charge in [0, 0.05) is 55.2 Å². The Morgan fingerprint density at radius 1 is 0.939 bits per heavy atom. The number of hydrogen-bond donors (Lipinski definition) is 2. The van der Waals surface area contributed by atoms with Crippen LogP contribution in [0.4, 0.5) is 0 Å². The van der Waals surface area contributed by atoms with Gasteiger partial charge in [0.05, 0.1) is 0 Å². The molecule has 1 saturated heterocycles. The van der Waals surface area contributed by atoms with E-state index in [0.717, 1.165) is 23.2 Å². The van der Waals surface area contributed by atoms with Crippen molar-refractivity contribution in [2.45, 2.75) is 32.5 Å². The molecule has 0 aliphatic carbocycles. The van der Waals surface area contributed by atoms with Gasteiger partial charge in [0.25, 0.3) is 11.8 Å². The Morgan fingerprint density at radius 2 is 1.61 bits per heavy atom. The molecule has 0 spiro atoms. The molecule has 7 nitrogen and oxygen atoms in total. The van der Waals surface area contributed by atoms with Crippen molar-refractivity contribution in [1.29, 1.82) is 0 Å². The Morgan fingerprint density at radius 3 is 2.24 bits per heavy atom. The summed E-state index contributed by atoms with van der Waals surface area (Å²) in [5.74, 6) is -0.480. The summed E-state index contributed by atoms with van der Waals surface area (Å²) in [4.78, 5) is 33.2. The van der Waals surface area contributed by atoms with Crippen LogP contribution in [-0.4, -0.2) is 57.0 Å². The highest BCUT2D eigenvalue weighted by molar-refractivity contribution is 5.95. The van der Waals surface area contributed by atoms with E-state index in [1.165, 1.54) is 0 Å². The van der Waals surface area contributed by atoms with Crippen LogP contribution in [0.2, 0.25) is 0 Å². The smallest absolute Gasteiger partial charge is 0.274 e. The standard InChI is InChI=1S/C26H28N4O3/c1-18-15-29(26(32)24-5-3-4-23(14-24)21-10-12-27-13-11-21)16-19(2)30(18)17-20-6-8-22(9-7-20)25(31)28-33/h3-14,18-19,33H,15-17H2,1-2H3,(H,28,31). The lowest BCUT2D eigenvalue weighted by Crippen LogP contribution is -2.57. The molecule has 2 atom stereocenters. The zero-order valence-corrected chi connectivity index (χ0v) is 18.8. The van der Waals surface area contributed by atoms with Crippen molar-refractivity contribution in [3.8, 4) is 11.1 Å². The van der Waals surface area contributed by atoms with E-state index in [-0.39, 0.29) is 18.0 Å². The van der Waals surface area contributed by atoms with Crippen molar-refractivity contribution in [2.75, 3.05) is 13.1 Å². The highest BCUT2D eigenvalue weighted by Crippen LogP contribution is 2.24. The Labute approximate surface area is 193 Å². The number of amides is 2. The van der Waals surface area contributed by atoms with Crippen LogP contribution in [0.5, 0.6) is 0 Å². The quantitative estimate of drug-likeness (QED) is 0.464. The van der Waals surface area contributed by atoms with Gasteiger partial charge in [-0.2, -0.15) is 0 Å². The highest BCUT2D eigenvalue weighted by Gasteiger charge is 2.32. The predicted octanol–water partition coefficient (Wildman–Crippen LogP) is 3.60. The minimum Gasteiger partial charge on any atom is -0.336 e. The topological polar surface area (TPSA) is 85.8 Å². The maximum absolute atomic E-state index is 13.3. The monoisotopic (exact) mass is 444 g/mol. The summed E-state index contributed by atoms with van der Waals surface area (Å²) in [5.41, 5.74) is 5.86. The molecule has 2 amide bonds. The number of hydrogen-bond acceptors (Lipinski definition) is 5. The van der Waals surface area contributed by atoms with E-state index in [0.29, 0.717) is 24.2 Å². The number of carbonyl (C=O) groups is 2. The van der Waals surface area contributed by atoms with Crippen LogP contribution in [0.25, 0.3) is 11.1 Å². The summed E-state index contributed by atoms with van der Waals surface area (Å²) in [7, 11) is 0. The molecule has 1 aliphatic rings. The molecule has 0 radical (unpaired) electrons.